The van der Waals surface area contributed by atoms with Crippen LogP contribution in [0.15, 0.2) is 0 Å². The molecule has 64 valence electrons. The average molecular weight is 175 g/mol. The highest BCUT2D eigenvalue weighted by atomic mass is 32.3. The van der Waals surface area contributed by atoms with Crippen molar-refractivity contribution in [3.05, 3.63) is 0 Å². The molecule has 0 aromatic carbocycles. The van der Waals surface area contributed by atoms with E-state index in [2.05, 4.69) is 11.5 Å². The van der Waals surface area contributed by atoms with Crippen LogP contribution < -0.4 is 17.6 Å². The minimum Gasteiger partial charge on any atom is -0.352 e. The molecule has 10 heavy (non-hydrogen) atoms. The number of rotatable bonds is 0. The van der Waals surface area contributed by atoms with E-state index in [0.717, 1.165) is 0 Å². The molecular weight excluding hydrogens is 166 g/mol. The first-order valence-corrected chi connectivity index (χ1v) is 2.88. The lowest BCUT2D eigenvalue weighted by Gasteiger charge is -1.68. The summed E-state index contributed by atoms with van der Waals surface area (Å²) >= 11 is 0. The van der Waals surface area contributed by atoms with E-state index in [1.807, 2.05) is 0 Å². The molecule has 8 nitrogen and oxygen atoms in total. The molecule has 0 aliphatic heterocycles. The lowest BCUT2D eigenvalue weighted by Crippen LogP contribution is -2.18. The number of carbonyl (C=O) groups is 1. The van der Waals surface area contributed by atoms with Crippen LogP contribution in [0.25, 0.3) is 0 Å². The molecule has 0 aromatic heterocycles. The van der Waals surface area contributed by atoms with Gasteiger partial charge in [0, 0.05) is 0 Å². The van der Waals surface area contributed by atoms with Gasteiger partial charge in [-0.05, 0) is 0 Å². The zero-order chi connectivity index (χ0) is 8.08. The van der Waals surface area contributed by atoms with Crippen molar-refractivity contribution in [2.24, 2.45) is 11.5 Å². The van der Waals surface area contributed by atoms with E-state index in [1.54, 1.807) is 0 Å². The third-order valence-electron chi connectivity index (χ3n) is 0. The van der Waals surface area contributed by atoms with Crippen LogP contribution in [0.5, 0.6) is 0 Å². The fourth-order valence-electron chi connectivity index (χ4n) is 0. The summed E-state index contributed by atoms with van der Waals surface area (Å²) in [5, 5.41) is 0. The molecule has 0 radical (unpaired) electrons. The maximum absolute atomic E-state index is 9.00. The summed E-state index contributed by atoms with van der Waals surface area (Å²) in [6.07, 6.45) is 0. The fraction of sp³-hybridized carbons (Fsp3) is 0. The molecule has 0 aliphatic carbocycles. The Morgan fingerprint density at radius 1 is 1.20 bits per heavy atom. The second kappa shape index (κ2) is 6.22. The van der Waals surface area contributed by atoms with Crippen LogP contribution in [0.1, 0.15) is 0 Å². The Morgan fingerprint density at radius 2 is 1.20 bits per heavy atom. The van der Waals surface area contributed by atoms with Crippen LogP contribution in [-0.4, -0.2) is 23.6 Å². The molecule has 9 N–H and O–H groups in total. The van der Waals surface area contributed by atoms with Crippen LogP contribution in [0.2, 0.25) is 0 Å². The SMILES string of the molecule is N.NC(N)=O.O=S(=O)(O)O. The fourth-order valence-corrected chi connectivity index (χ4v) is 0. The normalized spacial score (nSPS) is 8.20. The van der Waals surface area contributed by atoms with Crippen molar-refractivity contribution in [1.29, 1.82) is 0 Å². The van der Waals surface area contributed by atoms with Crippen molar-refractivity contribution in [3.63, 3.8) is 0 Å². The van der Waals surface area contributed by atoms with E-state index < -0.39 is 16.4 Å². The van der Waals surface area contributed by atoms with E-state index in [0.29, 0.717) is 0 Å². The van der Waals surface area contributed by atoms with Gasteiger partial charge < -0.3 is 17.6 Å². The lowest BCUT2D eigenvalue weighted by molar-refractivity contribution is 0.256. The number of nitrogens with two attached hydrogens (primary N) is 2. The largest absolute Gasteiger partial charge is 0.394 e. The molecule has 0 aromatic rings. The highest BCUT2D eigenvalue weighted by Gasteiger charge is 1.84. The Kier molecular flexibility index (Phi) is 9.99. The Labute approximate surface area is 57.4 Å². The second-order valence-corrected chi connectivity index (χ2v) is 1.75. The smallest absolute Gasteiger partial charge is 0.352 e. The monoisotopic (exact) mass is 175 g/mol. The van der Waals surface area contributed by atoms with Gasteiger partial charge in [0.05, 0.1) is 0 Å². The third kappa shape index (κ3) is 326. The summed E-state index contributed by atoms with van der Waals surface area (Å²) in [6.45, 7) is 0. The molecule has 0 rings (SSSR count). The molecule has 0 atom stereocenters. The molecule has 2 amide bonds. The quantitative estimate of drug-likeness (QED) is 0.280. The van der Waals surface area contributed by atoms with Crippen LogP contribution in [-0.2, 0) is 10.4 Å². The molecular formula is CH9N3O5S. The molecule has 9 heteroatoms. The number of carbonyl (C=O) groups excluding carboxylic acids is 1. The van der Waals surface area contributed by atoms with Gasteiger partial charge in [-0.1, -0.05) is 0 Å². The number of hydrogen-bond donors (Lipinski definition) is 5. The van der Waals surface area contributed by atoms with Crippen LogP contribution in [0.3, 0.4) is 0 Å². The van der Waals surface area contributed by atoms with Gasteiger partial charge in [0.15, 0.2) is 0 Å². The first kappa shape index (κ1) is 16.0. The van der Waals surface area contributed by atoms with Crippen molar-refractivity contribution < 1.29 is 22.3 Å². The van der Waals surface area contributed by atoms with E-state index in [-0.39, 0.29) is 6.15 Å². The maximum Gasteiger partial charge on any atom is 0.394 e. The summed E-state index contributed by atoms with van der Waals surface area (Å²) in [5.74, 6) is 0. The van der Waals surface area contributed by atoms with Crippen molar-refractivity contribution in [3.8, 4) is 0 Å². The number of urea groups is 1. The highest BCUT2D eigenvalue weighted by Crippen LogP contribution is 1.59. The van der Waals surface area contributed by atoms with Gasteiger partial charge in [-0.15, -0.1) is 0 Å². The Hall–Kier alpha value is -0.900. The Morgan fingerprint density at radius 3 is 1.20 bits per heavy atom. The Bertz CT molecular complexity index is 159. The molecule has 0 saturated heterocycles. The summed E-state index contributed by atoms with van der Waals surface area (Å²) in [4.78, 5) is 9.00. The summed E-state index contributed by atoms with van der Waals surface area (Å²) in [7, 11) is -4.67. The number of hydrogen-bond acceptors (Lipinski definition) is 4. The number of amides is 2. The van der Waals surface area contributed by atoms with Crippen molar-refractivity contribution in [2.75, 3.05) is 0 Å². The summed E-state index contributed by atoms with van der Waals surface area (Å²) < 4.78 is 31.6. The van der Waals surface area contributed by atoms with Gasteiger partial charge in [-0.25, -0.2) is 4.79 Å². The van der Waals surface area contributed by atoms with Crippen molar-refractivity contribution in [2.45, 2.75) is 0 Å². The van der Waals surface area contributed by atoms with Gasteiger partial charge >= 0.3 is 16.4 Å². The van der Waals surface area contributed by atoms with Gasteiger partial charge in [0.2, 0.25) is 0 Å². The topological polar surface area (TPSA) is 179 Å². The standard InChI is InChI=1S/CH4N2O.H3N.H2O4S/c2-1(3)4;;1-5(2,3)4/h(H4,2,3,4);1H3;(H2,1,2,3,4). The zero-order valence-corrected chi connectivity index (χ0v) is 5.71. The van der Waals surface area contributed by atoms with E-state index in [4.69, 9.17) is 22.3 Å². The lowest BCUT2D eigenvalue weighted by atomic mass is 11.2. The van der Waals surface area contributed by atoms with E-state index >= 15 is 0 Å². The van der Waals surface area contributed by atoms with Gasteiger partial charge in [-0.3, -0.25) is 9.11 Å². The van der Waals surface area contributed by atoms with Gasteiger partial charge in [0.1, 0.15) is 0 Å². The van der Waals surface area contributed by atoms with Crippen molar-refractivity contribution >= 4 is 16.4 Å². The Balaban J connectivity index is -0.0000000910. The zero-order valence-electron chi connectivity index (χ0n) is 4.89. The van der Waals surface area contributed by atoms with E-state index in [9.17, 15) is 0 Å². The molecule has 0 spiro atoms. The molecule has 0 bridgehead atoms. The number of primary amides is 2. The van der Waals surface area contributed by atoms with Crippen LogP contribution >= 0.6 is 0 Å². The van der Waals surface area contributed by atoms with Crippen LogP contribution in [0, 0.1) is 0 Å². The third-order valence-corrected chi connectivity index (χ3v) is 0. The van der Waals surface area contributed by atoms with Gasteiger partial charge in [0.25, 0.3) is 0 Å². The van der Waals surface area contributed by atoms with Gasteiger partial charge in [-0.2, -0.15) is 8.42 Å². The second-order valence-electron chi connectivity index (χ2n) is 0.850. The average Bonchev–Trinajstić information content (AvgIpc) is 1.19. The predicted octanol–water partition coefficient (Wildman–Crippen LogP) is -1.47. The van der Waals surface area contributed by atoms with Crippen molar-refractivity contribution in [1.82, 2.24) is 6.15 Å². The highest BCUT2D eigenvalue weighted by molar-refractivity contribution is 7.79. The molecule has 0 heterocycles. The predicted molar refractivity (Wildman–Crippen MR) is 33.0 cm³/mol. The maximum atomic E-state index is 9.00. The first-order valence-electron chi connectivity index (χ1n) is 1.48. The molecule has 0 aliphatic rings. The minimum absolute atomic E-state index is 0. The summed E-state index contributed by atoms with van der Waals surface area (Å²) in [5.41, 5.74) is 8.50. The molecule has 0 saturated carbocycles. The van der Waals surface area contributed by atoms with Crippen LogP contribution in [0.4, 0.5) is 4.79 Å². The molecule has 0 unspecified atom stereocenters. The summed E-state index contributed by atoms with van der Waals surface area (Å²) in [6, 6.07) is -0.833. The minimum atomic E-state index is -4.67. The molecule has 0 fully saturated rings. The first-order chi connectivity index (χ1) is 3.73. The van der Waals surface area contributed by atoms with E-state index in [1.165, 1.54) is 0 Å².